The van der Waals surface area contributed by atoms with Crippen LogP contribution in [0.3, 0.4) is 0 Å². The second kappa shape index (κ2) is 14.1. The molecule has 5 aromatic carbocycles. The van der Waals surface area contributed by atoms with Crippen molar-refractivity contribution in [1.29, 1.82) is 0 Å². The maximum absolute atomic E-state index is 2.48. The van der Waals surface area contributed by atoms with Crippen LogP contribution in [-0.4, -0.2) is 0 Å². The summed E-state index contributed by atoms with van der Waals surface area (Å²) >= 11 is 0. The lowest BCUT2D eigenvalue weighted by Gasteiger charge is -2.46. The van der Waals surface area contributed by atoms with Crippen molar-refractivity contribution in [2.75, 3.05) is 4.90 Å². The van der Waals surface area contributed by atoms with Gasteiger partial charge < -0.3 is 4.90 Å². The van der Waals surface area contributed by atoms with Crippen LogP contribution >= 0.6 is 0 Å². The summed E-state index contributed by atoms with van der Waals surface area (Å²) in [4.78, 5) is 2.48. The topological polar surface area (TPSA) is 3.24 Å². The highest BCUT2D eigenvalue weighted by atomic mass is 15.1. The zero-order chi connectivity index (χ0) is 40.6. The summed E-state index contributed by atoms with van der Waals surface area (Å²) in [5.41, 5.74) is 16.6. The number of fused-ring (bicyclic) bond motifs is 3. The molecule has 0 saturated heterocycles. The highest BCUT2D eigenvalue weighted by molar-refractivity contribution is 5.86. The SMILES string of the molecule is CC(C)(C)c1cc(-c2ccc(N(c3ccc(C4CC(C(C)(C)C)CC(C(C)(C)C)C4)cc3)c3ccc4c(c3)C(C)(C)c3ccccc3-4)cc2)cc(C(C)(C)C)c1. The number of hydrogen-bond acceptors (Lipinski definition) is 1. The van der Waals surface area contributed by atoms with Crippen LogP contribution in [0.2, 0.25) is 0 Å². The minimum atomic E-state index is -0.0711. The Balaban J connectivity index is 1.30. The minimum absolute atomic E-state index is 0.0683. The van der Waals surface area contributed by atoms with Crippen LogP contribution in [0.4, 0.5) is 17.1 Å². The molecule has 0 heterocycles. The van der Waals surface area contributed by atoms with Gasteiger partial charge in [0.15, 0.2) is 0 Å². The quantitative estimate of drug-likeness (QED) is 0.173. The zero-order valence-corrected chi connectivity index (χ0v) is 37.2. The normalized spacial score (nSPS) is 19.7. The van der Waals surface area contributed by atoms with E-state index in [1.807, 2.05) is 0 Å². The van der Waals surface area contributed by atoms with Crippen molar-refractivity contribution >= 4 is 17.1 Å². The number of rotatable bonds is 5. The Morgan fingerprint density at radius 2 is 0.946 bits per heavy atom. The third-order valence-electron chi connectivity index (χ3n) is 13.7. The van der Waals surface area contributed by atoms with Gasteiger partial charge in [-0.2, -0.15) is 0 Å². The van der Waals surface area contributed by atoms with Crippen molar-refractivity contribution in [2.45, 2.75) is 138 Å². The second-order valence-electron chi connectivity index (χ2n) is 22.2. The molecule has 1 heteroatoms. The number of nitrogens with zero attached hydrogens (tertiary/aromatic N) is 1. The molecule has 0 amide bonds. The average Bonchev–Trinajstić information content (AvgIpc) is 3.36. The van der Waals surface area contributed by atoms with Crippen molar-refractivity contribution in [1.82, 2.24) is 0 Å². The molecule has 294 valence electrons. The molecule has 1 saturated carbocycles. The molecular formula is C55H69N. The van der Waals surface area contributed by atoms with Gasteiger partial charge in [-0.05, 0) is 145 Å². The molecule has 1 nitrogen and oxygen atoms in total. The monoisotopic (exact) mass is 744 g/mol. The average molecular weight is 744 g/mol. The predicted octanol–water partition coefficient (Wildman–Crippen LogP) is 16.3. The molecule has 2 unspecified atom stereocenters. The Labute approximate surface area is 341 Å². The van der Waals surface area contributed by atoms with Crippen LogP contribution < -0.4 is 4.90 Å². The Hall–Kier alpha value is -4.10. The van der Waals surface area contributed by atoms with E-state index in [1.165, 1.54) is 86.4 Å². The van der Waals surface area contributed by atoms with Crippen molar-refractivity contribution in [3.05, 3.63) is 137 Å². The zero-order valence-electron chi connectivity index (χ0n) is 37.2. The lowest BCUT2D eigenvalue weighted by atomic mass is 9.59. The standard InChI is InChI=1S/C55H69N/c1-51(2,3)40-29-38(30-41(33-40)52(4,5)6)36-19-23-44(24-20-36)56(46-27-28-48-47-17-15-16-18-49(47)55(13,14)50(48)35-46)45-25-21-37(22-26-45)39-31-42(53(7,8)9)34-43(32-39)54(10,11)12/h15-30,33,35,39,42-43H,31-32,34H2,1-14H3. The number of anilines is 3. The van der Waals surface area contributed by atoms with E-state index in [-0.39, 0.29) is 16.2 Å². The molecule has 2 aliphatic carbocycles. The van der Waals surface area contributed by atoms with Crippen molar-refractivity contribution in [3.8, 4) is 22.3 Å². The first-order chi connectivity index (χ1) is 26.0. The third-order valence-corrected chi connectivity index (χ3v) is 13.7. The fraction of sp³-hybridized carbons (Fsp3) is 0.455. The number of hydrogen-bond donors (Lipinski definition) is 0. The molecule has 5 aromatic rings. The van der Waals surface area contributed by atoms with Gasteiger partial charge >= 0.3 is 0 Å². The van der Waals surface area contributed by atoms with Gasteiger partial charge in [-0.25, -0.2) is 0 Å². The van der Waals surface area contributed by atoms with Crippen LogP contribution in [0.15, 0.2) is 109 Å². The van der Waals surface area contributed by atoms with Gasteiger partial charge in [0.05, 0.1) is 0 Å². The minimum Gasteiger partial charge on any atom is -0.310 e. The van der Waals surface area contributed by atoms with Gasteiger partial charge in [0.2, 0.25) is 0 Å². The molecular weight excluding hydrogens is 675 g/mol. The summed E-state index contributed by atoms with van der Waals surface area (Å²) in [5.74, 6) is 2.03. The van der Waals surface area contributed by atoms with E-state index in [1.54, 1.807) is 0 Å². The smallest absolute Gasteiger partial charge is 0.0465 e. The first kappa shape index (κ1) is 40.1. The second-order valence-corrected chi connectivity index (χ2v) is 22.2. The molecule has 0 aromatic heterocycles. The Morgan fingerprint density at radius 3 is 1.46 bits per heavy atom. The first-order valence-electron chi connectivity index (χ1n) is 21.4. The van der Waals surface area contributed by atoms with Gasteiger partial charge in [0.25, 0.3) is 0 Å². The van der Waals surface area contributed by atoms with E-state index in [0.29, 0.717) is 16.7 Å². The summed E-state index contributed by atoms with van der Waals surface area (Å²) in [6.45, 7) is 33.4. The van der Waals surface area contributed by atoms with Crippen molar-refractivity contribution in [2.24, 2.45) is 22.7 Å². The molecule has 1 fully saturated rings. The van der Waals surface area contributed by atoms with E-state index >= 15 is 0 Å². The Bertz CT molecular complexity index is 2130. The predicted molar refractivity (Wildman–Crippen MR) is 244 cm³/mol. The van der Waals surface area contributed by atoms with E-state index in [4.69, 9.17) is 0 Å². The third kappa shape index (κ3) is 7.77. The highest BCUT2D eigenvalue weighted by Gasteiger charge is 2.40. The number of benzene rings is 5. The van der Waals surface area contributed by atoms with Crippen molar-refractivity contribution < 1.29 is 0 Å². The maximum atomic E-state index is 2.48. The van der Waals surface area contributed by atoms with Gasteiger partial charge in [0.1, 0.15) is 0 Å². The van der Waals surface area contributed by atoms with Gasteiger partial charge in [-0.15, -0.1) is 0 Å². The van der Waals surface area contributed by atoms with Crippen LogP contribution in [0.1, 0.15) is 150 Å². The summed E-state index contributed by atoms with van der Waals surface area (Å²) < 4.78 is 0. The molecule has 0 aliphatic heterocycles. The Kier molecular flexibility index (Phi) is 10.1. The summed E-state index contributed by atoms with van der Waals surface area (Å²) in [6, 6.07) is 42.4. The highest BCUT2D eigenvalue weighted by Crippen LogP contribution is 2.53. The molecule has 2 aliphatic rings. The fourth-order valence-electron chi connectivity index (χ4n) is 9.64. The molecule has 0 bridgehead atoms. The summed E-state index contributed by atoms with van der Waals surface area (Å²) in [5, 5.41) is 0. The van der Waals surface area contributed by atoms with Crippen LogP contribution in [0.5, 0.6) is 0 Å². The van der Waals surface area contributed by atoms with Crippen molar-refractivity contribution in [3.63, 3.8) is 0 Å². The Morgan fingerprint density at radius 1 is 0.464 bits per heavy atom. The van der Waals surface area contributed by atoms with E-state index < -0.39 is 0 Å². The van der Waals surface area contributed by atoms with Crippen LogP contribution in [0.25, 0.3) is 22.3 Å². The van der Waals surface area contributed by atoms with Crippen LogP contribution in [0, 0.1) is 22.7 Å². The molecule has 0 N–H and O–H groups in total. The van der Waals surface area contributed by atoms with Gasteiger partial charge in [-0.3, -0.25) is 0 Å². The van der Waals surface area contributed by atoms with Crippen LogP contribution in [-0.2, 0) is 16.2 Å². The maximum Gasteiger partial charge on any atom is 0.0465 e. The van der Waals surface area contributed by atoms with Gasteiger partial charge in [0, 0.05) is 22.5 Å². The van der Waals surface area contributed by atoms with E-state index in [0.717, 1.165) is 11.8 Å². The molecule has 56 heavy (non-hydrogen) atoms. The molecule has 0 spiro atoms. The molecule has 7 rings (SSSR count). The molecule has 2 atom stereocenters. The summed E-state index contributed by atoms with van der Waals surface area (Å²) in [7, 11) is 0. The van der Waals surface area contributed by atoms with E-state index in [2.05, 4.69) is 211 Å². The largest absolute Gasteiger partial charge is 0.310 e. The summed E-state index contributed by atoms with van der Waals surface area (Å²) in [6.07, 6.45) is 3.88. The molecule has 0 radical (unpaired) electrons. The fourth-order valence-corrected chi connectivity index (χ4v) is 9.64. The first-order valence-corrected chi connectivity index (χ1v) is 21.4. The van der Waals surface area contributed by atoms with Gasteiger partial charge in [-0.1, -0.05) is 170 Å². The lowest BCUT2D eigenvalue weighted by Crippen LogP contribution is -2.35. The lowest BCUT2D eigenvalue weighted by molar-refractivity contribution is 0.0702. The van der Waals surface area contributed by atoms with E-state index in [9.17, 15) is 0 Å².